The molecule has 4 fully saturated rings. The third-order valence-electron chi connectivity index (χ3n) is 16.7. The molecule has 0 aliphatic heterocycles. The normalized spacial score (nSPS) is 38.0. The van der Waals surface area contributed by atoms with Gasteiger partial charge < -0.3 is 23.4 Å². The van der Waals surface area contributed by atoms with Crippen molar-refractivity contribution in [3.8, 4) is 0 Å². The van der Waals surface area contributed by atoms with E-state index in [0.29, 0.717) is 66.8 Å². The molecule has 0 heterocycles. The molecule has 5 nitrogen and oxygen atoms in total. The van der Waals surface area contributed by atoms with Gasteiger partial charge in [0.25, 0.3) is 0 Å². The van der Waals surface area contributed by atoms with Gasteiger partial charge in [-0.15, -0.1) is 0 Å². The summed E-state index contributed by atoms with van der Waals surface area (Å²) in [7, 11) is -2.11. The first-order valence-electron chi connectivity index (χ1n) is 21.0. The molecule has 4 saturated carbocycles. The zero-order valence-electron chi connectivity index (χ0n) is 35.9. The fraction of sp³-hybridized carbons (Fsp3) is 1.00. The molecule has 50 heavy (non-hydrogen) atoms. The molecule has 0 aromatic rings. The molecule has 0 aromatic heterocycles. The molecule has 12 atom stereocenters. The Morgan fingerprint density at radius 1 is 0.740 bits per heavy atom. The minimum absolute atomic E-state index is 0.176. The molecular formula is C43H84O5Si2. The molecule has 0 bridgehead atoms. The van der Waals surface area contributed by atoms with Gasteiger partial charge in [0.1, 0.15) is 6.79 Å². The monoisotopic (exact) mass is 737 g/mol. The lowest BCUT2D eigenvalue weighted by molar-refractivity contribution is -0.188. The third-order valence-corrected chi connectivity index (χ3v) is 25.7. The van der Waals surface area contributed by atoms with Gasteiger partial charge >= 0.3 is 0 Å². The van der Waals surface area contributed by atoms with E-state index in [4.69, 9.17) is 18.3 Å². The Bertz CT molecular complexity index is 1100. The summed E-state index contributed by atoms with van der Waals surface area (Å²) < 4.78 is 27.3. The molecule has 0 spiro atoms. The highest BCUT2D eigenvalue weighted by molar-refractivity contribution is 6.74. The maximum Gasteiger partial charge on any atom is 0.192 e. The molecule has 1 N–H and O–H groups in total. The Hall–Kier alpha value is 0.234. The van der Waals surface area contributed by atoms with Crippen LogP contribution in [0.3, 0.4) is 0 Å². The molecule has 4 aliphatic rings. The molecule has 0 unspecified atom stereocenters. The zero-order valence-corrected chi connectivity index (χ0v) is 37.9. The van der Waals surface area contributed by atoms with Crippen LogP contribution in [0.1, 0.15) is 140 Å². The van der Waals surface area contributed by atoms with Gasteiger partial charge in [-0.05, 0) is 152 Å². The number of rotatable bonds is 14. The molecule has 7 heteroatoms. The molecule has 4 aliphatic carbocycles. The van der Waals surface area contributed by atoms with Gasteiger partial charge in [0.2, 0.25) is 0 Å². The summed E-state index contributed by atoms with van der Waals surface area (Å²) in [6.07, 6.45) is 12.8. The summed E-state index contributed by atoms with van der Waals surface area (Å²) in [5.41, 5.74) is 0.519. The highest BCUT2D eigenvalue weighted by atomic mass is 28.4. The standard InChI is InChI=1S/C43H84O5Si2/c1-29(2)31(21-24-44)18-17-30(3)35-27-38(46-28-45-12)39-33-26-37(48-50(15,16)41(7,8)9)36-25-32(47-49(13,14)40(4,5)6)19-22-42(36,10)34(33)20-23-43(35,39)11/h29-39,44H,17-28H2,1-16H3/t30-,31-,32+,33-,34+,35-,36-,37+,38-,39-,42-,43-/m1/s1. The van der Waals surface area contributed by atoms with Crippen LogP contribution in [0.5, 0.6) is 0 Å². The molecule has 0 aromatic carbocycles. The maximum absolute atomic E-state index is 9.78. The van der Waals surface area contributed by atoms with Crippen LogP contribution in [-0.2, 0) is 18.3 Å². The van der Waals surface area contributed by atoms with E-state index in [1.165, 1.54) is 44.9 Å². The van der Waals surface area contributed by atoms with Crippen LogP contribution in [0.15, 0.2) is 0 Å². The number of hydrogen-bond donors (Lipinski definition) is 1. The van der Waals surface area contributed by atoms with Gasteiger partial charge in [-0.2, -0.15) is 0 Å². The van der Waals surface area contributed by atoms with Crippen LogP contribution in [0.2, 0.25) is 36.3 Å². The highest BCUT2D eigenvalue weighted by Crippen LogP contribution is 2.69. The van der Waals surface area contributed by atoms with E-state index in [1.54, 1.807) is 7.11 Å². The van der Waals surface area contributed by atoms with Gasteiger partial charge in [-0.1, -0.05) is 82.6 Å². The lowest BCUT2D eigenvalue weighted by Crippen LogP contribution is -2.62. The topological polar surface area (TPSA) is 57.2 Å². The largest absolute Gasteiger partial charge is 0.414 e. The summed E-state index contributed by atoms with van der Waals surface area (Å²) >= 11 is 0. The van der Waals surface area contributed by atoms with E-state index in [1.807, 2.05) is 0 Å². The maximum atomic E-state index is 9.78. The van der Waals surface area contributed by atoms with Gasteiger partial charge in [0, 0.05) is 25.9 Å². The van der Waals surface area contributed by atoms with Crippen molar-refractivity contribution in [2.24, 2.45) is 58.2 Å². The van der Waals surface area contributed by atoms with Crippen LogP contribution < -0.4 is 0 Å². The third kappa shape index (κ3) is 8.54. The minimum Gasteiger partial charge on any atom is -0.414 e. The van der Waals surface area contributed by atoms with Crippen LogP contribution >= 0.6 is 0 Å². The van der Waals surface area contributed by atoms with E-state index in [-0.39, 0.29) is 33.1 Å². The summed E-state index contributed by atoms with van der Waals surface area (Å²) in [6, 6.07) is 0. The summed E-state index contributed by atoms with van der Waals surface area (Å²) in [4.78, 5) is 0. The Morgan fingerprint density at radius 3 is 1.90 bits per heavy atom. The smallest absolute Gasteiger partial charge is 0.192 e. The second-order valence-corrected chi connectivity index (χ2v) is 31.4. The summed E-state index contributed by atoms with van der Waals surface area (Å²) in [5, 5.41) is 10.2. The number of aliphatic hydroxyl groups is 1. The average molecular weight is 737 g/mol. The molecule has 0 saturated heterocycles. The van der Waals surface area contributed by atoms with E-state index in [9.17, 15) is 5.11 Å². The summed E-state index contributed by atoms with van der Waals surface area (Å²) in [6.45, 7) is 37.5. The number of aliphatic hydroxyl groups excluding tert-OH is 1. The van der Waals surface area contributed by atoms with E-state index < -0.39 is 16.6 Å². The number of fused-ring (bicyclic) bond motifs is 5. The van der Waals surface area contributed by atoms with Crippen molar-refractivity contribution < 1.29 is 23.4 Å². The first kappa shape index (κ1) is 43.0. The Morgan fingerprint density at radius 2 is 1.34 bits per heavy atom. The lowest BCUT2D eigenvalue weighted by atomic mass is 9.43. The van der Waals surface area contributed by atoms with Gasteiger partial charge in [-0.3, -0.25) is 0 Å². The van der Waals surface area contributed by atoms with Crippen LogP contribution in [0, 0.1) is 58.2 Å². The average Bonchev–Trinajstić information content (AvgIpc) is 3.29. The molecule has 294 valence electrons. The minimum atomic E-state index is -2.02. The van der Waals surface area contributed by atoms with Gasteiger partial charge in [-0.25, -0.2) is 0 Å². The van der Waals surface area contributed by atoms with Gasteiger partial charge in [0.05, 0.1) is 6.10 Å². The fourth-order valence-corrected chi connectivity index (χ4v) is 14.3. The summed E-state index contributed by atoms with van der Waals surface area (Å²) in [5.74, 6) is 4.90. The number of methoxy groups -OCH3 is 1. The first-order valence-corrected chi connectivity index (χ1v) is 26.8. The van der Waals surface area contributed by atoms with Crippen molar-refractivity contribution in [3.63, 3.8) is 0 Å². The van der Waals surface area contributed by atoms with E-state index in [2.05, 4.69) is 102 Å². The Kier molecular flexibility index (Phi) is 13.5. The van der Waals surface area contributed by atoms with E-state index >= 15 is 0 Å². The first-order chi connectivity index (χ1) is 22.9. The molecule has 0 amide bonds. The Labute approximate surface area is 312 Å². The van der Waals surface area contributed by atoms with E-state index in [0.717, 1.165) is 19.3 Å². The van der Waals surface area contributed by atoms with Crippen molar-refractivity contribution >= 4 is 16.6 Å². The number of ether oxygens (including phenoxy) is 2. The van der Waals surface area contributed by atoms with Crippen LogP contribution in [0.25, 0.3) is 0 Å². The predicted molar refractivity (Wildman–Crippen MR) is 215 cm³/mol. The van der Waals surface area contributed by atoms with Crippen molar-refractivity contribution in [2.45, 2.75) is 195 Å². The van der Waals surface area contributed by atoms with Crippen molar-refractivity contribution in [1.82, 2.24) is 0 Å². The van der Waals surface area contributed by atoms with Gasteiger partial charge in [0.15, 0.2) is 16.6 Å². The predicted octanol–water partition coefficient (Wildman–Crippen LogP) is 11.7. The highest BCUT2D eigenvalue weighted by Gasteiger charge is 2.66. The van der Waals surface area contributed by atoms with Crippen LogP contribution in [-0.4, -0.2) is 60.6 Å². The molecule has 4 rings (SSSR count). The van der Waals surface area contributed by atoms with Crippen LogP contribution in [0.4, 0.5) is 0 Å². The quantitative estimate of drug-likeness (QED) is 0.142. The zero-order chi connectivity index (χ0) is 37.7. The molecule has 0 radical (unpaired) electrons. The SMILES string of the molecule is COCO[C@@H]1C[C@H]([C@H](C)CC[C@H](CCO)C(C)C)[C@@]2(C)CC[C@H]3[C@@H](C[C@H](O[Si](C)(C)C(C)(C)C)[C@H]4C[C@@H](O[Si](C)(C)C(C)(C)C)CC[C@@]43C)[C@H]12. The van der Waals surface area contributed by atoms with Crippen molar-refractivity contribution in [1.29, 1.82) is 0 Å². The number of hydrogen-bond acceptors (Lipinski definition) is 5. The molecular weight excluding hydrogens is 653 g/mol. The second-order valence-electron chi connectivity index (χ2n) is 21.9. The van der Waals surface area contributed by atoms with Crippen molar-refractivity contribution in [2.75, 3.05) is 20.5 Å². The second kappa shape index (κ2) is 15.8. The fourth-order valence-electron chi connectivity index (χ4n) is 11.6. The van der Waals surface area contributed by atoms with Crippen molar-refractivity contribution in [3.05, 3.63) is 0 Å². The Balaban J connectivity index is 1.69. The lowest BCUT2D eigenvalue weighted by Gasteiger charge is -2.64.